The molecule has 3 atom stereocenters. The summed E-state index contributed by atoms with van der Waals surface area (Å²) >= 11 is 1.41. The van der Waals surface area contributed by atoms with E-state index < -0.39 is 35.1 Å². The number of hydrogen-bond acceptors (Lipinski definition) is 11. The number of aromatic nitrogens is 3. The number of rotatable bonds is 5. The number of methoxy groups -OCH3 is 1. The topological polar surface area (TPSA) is 160 Å². The van der Waals surface area contributed by atoms with E-state index in [2.05, 4.69) is 46.5 Å². The molecule has 7 rings (SSSR count). The maximum atomic E-state index is 14.1. The van der Waals surface area contributed by atoms with Gasteiger partial charge >= 0.3 is 12.0 Å². The minimum absolute atomic E-state index is 0.00372. The molecule has 3 aromatic heterocycles. The molecule has 2 fully saturated rings. The van der Waals surface area contributed by atoms with Crippen molar-refractivity contribution in [3.8, 4) is 22.5 Å². The minimum atomic E-state index is -2.14. The number of fused-ring (bicyclic) bond motifs is 6. The number of pyridine rings is 1. The first kappa shape index (κ1) is 37.9. The minimum Gasteiger partial charge on any atom is -0.462 e. The van der Waals surface area contributed by atoms with E-state index in [0.717, 1.165) is 44.7 Å². The number of carbonyl (C=O) groups is 3. The van der Waals surface area contributed by atoms with Crippen LogP contribution < -0.4 is 10.7 Å². The van der Waals surface area contributed by atoms with E-state index in [-0.39, 0.29) is 32.1 Å². The van der Waals surface area contributed by atoms with Gasteiger partial charge in [-0.1, -0.05) is 19.9 Å². The van der Waals surface area contributed by atoms with Gasteiger partial charge in [-0.3, -0.25) is 14.8 Å². The van der Waals surface area contributed by atoms with Crippen molar-refractivity contribution >= 4 is 40.1 Å². The maximum Gasteiger partial charge on any atom is 0.355 e. The summed E-state index contributed by atoms with van der Waals surface area (Å²) in [4.78, 5) is 52.6. The summed E-state index contributed by atoms with van der Waals surface area (Å²) in [5, 5.41) is 19.4. The molecule has 0 saturated carbocycles. The smallest absolute Gasteiger partial charge is 0.355 e. The van der Waals surface area contributed by atoms with E-state index in [1.54, 1.807) is 18.2 Å². The molecule has 3 aliphatic rings. The molecule has 54 heavy (non-hydrogen) atoms. The number of amides is 3. The molecule has 0 unspecified atom stereocenters. The fraction of sp³-hybridized carbons (Fsp3) is 0.513. The maximum absolute atomic E-state index is 14.1. The Balaban J connectivity index is 1.35. The number of urea groups is 1. The second-order valence-corrected chi connectivity index (χ2v) is 16.0. The third-order valence-corrected chi connectivity index (χ3v) is 11.4. The molecule has 2 saturated heterocycles. The quantitative estimate of drug-likeness (QED) is 0.248. The molecule has 3 amide bonds. The molecule has 4 aromatic rings. The summed E-state index contributed by atoms with van der Waals surface area (Å²) in [7, 11) is 1.68. The van der Waals surface area contributed by atoms with Gasteiger partial charge in [0, 0.05) is 85.2 Å². The molecular formula is C39H49N7O7S. The van der Waals surface area contributed by atoms with Gasteiger partial charge in [-0.2, -0.15) is 5.43 Å². The normalized spacial score (nSPS) is 22.8. The number of cyclic esters (lactones) is 1. The van der Waals surface area contributed by atoms with Crippen molar-refractivity contribution in [2.45, 2.75) is 77.8 Å². The lowest BCUT2D eigenvalue weighted by Crippen LogP contribution is -2.67. The van der Waals surface area contributed by atoms with Gasteiger partial charge in [0.15, 0.2) is 0 Å². The molecule has 0 radical (unpaired) electrons. The number of benzene rings is 1. The number of hydrazine groups is 1. The van der Waals surface area contributed by atoms with Gasteiger partial charge in [0.05, 0.1) is 48.0 Å². The lowest BCUT2D eigenvalue weighted by Gasteiger charge is -2.40. The van der Waals surface area contributed by atoms with Gasteiger partial charge < -0.3 is 34.1 Å². The van der Waals surface area contributed by atoms with Crippen molar-refractivity contribution in [1.29, 1.82) is 0 Å². The van der Waals surface area contributed by atoms with Crippen LogP contribution in [0.4, 0.5) is 4.79 Å². The Bertz CT molecular complexity index is 2040. The molecule has 14 nitrogen and oxygen atoms in total. The van der Waals surface area contributed by atoms with Gasteiger partial charge in [-0.05, 0) is 56.5 Å². The molecule has 3 aliphatic heterocycles. The molecule has 6 heterocycles. The fourth-order valence-electron chi connectivity index (χ4n) is 7.61. The molecule has 3 N–H and O–H groups in total. The van der Waals surface area contributed by atoms with Gasteiger partial charge in [-0.15, -0.1) is 11.3 Å². The lowest BCUT2D eigenvalue weighted by molar-refractivity contribution is -0.189. The van der Waals surface area contributed by atoms with Crippen molar-refractivity contribution in [3.63, 3.8) is 0 Å². The fourth-order valence-corrected chi connectivity index (χ4v) is 8.46. The Morgan fingerprint density at radius 3 is 2.76 bits per heavy atom. The zero-order valence-electron chi connectivity index (χ0n) is 31.5. The Morgan fingerprint density at radius 2 is 2.00 bits per heavy atom. The van der Waals surface area contributed by atoms with E-state index in [9.17, 15) is 19.5 Å². The summed E-state index contributed by atoms with van der Waals surface area (Å²) in [5.74, 6) is -1.35. The number of carbonyl (C=O) groups excluding carboxylic acids is 3. The number of aryl methyl sites for hydroxylation is 1. The number of morpholine rings is 1. The Hall–Kier alpha value is -4.41. The van der Waals surface area contributed by atoms with Crippen molar-refractivity contribution in [2.24, 2.45) is 5.41 Å². The predicted molar refractivity (Wildman–Crippen MR) is 203 cm³/mol. The average Bonchev–Trinajstić information content (AvgIpc) is 3.77. The number of hydrogen-bond donors (Lipinski definition) is 3. The Kier molecular flexibility index (Phi) is 10.8. The first-order chi connectivity index (χ1) is 25.9. The van der Waals surface area contributed by atoms with Crippen LogP contribution in [0.15, 0.2) is 41.9 Å². The van der Waals surface area contributed by atoms with Gasteiger partial charge in [0.1, 0.15) is 6.04 Å². The second kappa shape index (κ2) is 15.4. The van der Waals surface area contributed by atoms with Crippen molar-refractivity contribution < 1.29 is 33.7 Å². The van der Waals surface area contributed by atoms with E-state index >= 15 is 0 Å². The number of esters is 1. The number of aliphatic hydroxyl groups is 1. The van der Waals surface area contributed by atoms with Crippen LogP contribution in [-0.2, 0) is 43.2 Å². The van der Waals surface area contributed by atoms with Crippen LogP contribution in [-0.4, -0.2) is 106 Å². The first-order valence-corrected chi connectivity index (χ1v) is 19.5. The number of nitrogens with zero attached hydrogens (tertiary/aromatic N) is 5. The summed E-state index contributed by atoms with van der Waals surface area (Å²) in [6.45, 7) is 10.7. The van der Waals surface area contributed by atoms with Crippen LogP contribution in [0.3, 0.4) is 0 Å². The summed E-state index contributed by atoms with van der Waals surface area (Å²) < 4.78 is 19.4. The number of thiazole rings is 1. The summed E-state index contributed by atoms with van der Waals surface area (Å²) in [5.41, 5.74) is 6.63. The van der Waals surface area contributed by atoms with E-state index in [0.29, 0.717) is 50.7 Å². The SMILES string of the molecule is CCn1c(-c2cccnc2[C@H](C)OC)c2c3cc(ccc31)-c1csc(n1)C[C@H](NC(=O)N1CCOCC1)C(=O)N1CCC[C@@](O)(N1)C(=O)OCC(C)(C)C2. The lowest BCUT2D eigenvalue weighted by atomic mass is 9.84. The third kappa shape index (κ3) is 7.47. The molecule has 1 aromatic carbocycles. The van der Waals surface area contributed by atoms with Crippen LogP contribution in [0, 0.1) is 5.41 Å². The van der Waals surface area contributed by atoms with Crippen molar-refractivity contribution in [1.82, 2.24) is 35.2 Å². The van der Waals surface area contributed by atoms with Crippen LogP contribution in [0.25, 0.3) is 33.4 Å². The Labute approximate surface area is 318 Å². The Morgan fingerprint density at radius 1 is 1.20 bits per heavy atom. The largest absolute Gasteiger partial charge is 0.462 e. The molecule has 0 aliphatic carbocycles. The van der Waals surface area contributed by atoms with Gasteiger partial charge in [0.2, 0.25) is 5.72 Å². The number of ether oxygens (including phenoxy) is 3. The zero-order chi connectivity index (χ0) is 38.2. The average molecular weight is 760 g/mol. The van der Waals surface area contributed by atoms with Crippen molar-refractivity contribution in [2.75, 3.05) is 46.6 Å². The highest BCUT2D eigenvalue weighted by atomic mass is 32.1. The van der Waals surface area contributed by atoms with Gasteiger partial charge in [-0.25, -0.2) is 14.6 Å². The summed E-state index contributed by atoms with van der Waals surface area (Å²) in [6, 6.07) is 8.93. The second-order valence-electron chi connectivity index (χ2n) is 15.0. The monoisotopic (exact) mass is 759 g/mol. The van der Waals surface area contributed by atoms with Crippen LogP contribution in [0.1, 0.15) is 62.9 Å². The van der Waals surface area contributed by atoms with Crippen LogP contribution in [0.2, 0.25) is 0 Å². The molecule has 15 heteroatoms. The third-order valence-electron chi connectivity index (χ3n) is 10.5. The highest BCUT2D eigenvalue weighted by Crippen LogP contribution is 2.42. The number of nitrogens with one attached hydrogen (secondary N) is 2. The molecular weight excluding hydrogens is 711 g/mol. The molecule has 6 bridgehead atoms. The van der Waals surface area contributed by atoms with Crippen molar-refractivity contribution in [3.05, 3.63) is 58.2 Å². The molecule has 288 valence electrons. The van der Waals surface area contributed by atoms with Gasteiger partial charge in [0.25, 0.3) is 5.91 Å². The summed E-state index contributed by atoms with van der Waals surface area (Å²) in [6.07, 6.45) is 2.55. The van der Waals surface area contributed by atoms with E-state index in [4.69, 9.17) is 24.2 Å². The van der Waals surface area contributed by atoms with E-state index in [1.165, 1.54) is 16.3 Å². The zero-order valence-corrected chi connectivity index (χ0v) is 32.3. The van der Waals surface area contributed by atoms with E-state index in [1.807, 2.05) is 32.2 Å². The molecule has 0 spiro atoms. The van der Waals surface area contributed by atoms with Crippen LogP contribution >= 0.6 is 11.3 Å². The highest BCUT2D eigenvalue weighted by molar-refractivity contribution is 7.10. The predicted octanol–water partition coefficient (Wildman–Crippen LogP) is 4.45. The highest BCUT2D eigenvalue weighted by Gasteiger charge is 2.45. The van der Waals surface area contributed by atoms with Crippen LogP contribution in [0.5, 0.6) is 0 Å². The first-order valence-electron chi connectivity index (χ1n) is 18.6. The standard InChI is InChI=1S/C39H49N7O7S/c1-6-45-31-11-10-25-19-27(31)28(34(45)26-9-7-13-40-33(26)24(2)51-5)21-38(3,4)23-53-36(48)39(50)12-8-14-46(43-39)35(47)29(20-32-41-30(25)22-54-32)42-37(49)44-15-17-52-18-16-44/h7,9-11,13,19,22,24,29,43,50H,6,8,12,14-18,20-21,23H2,1-5H3,(H,42,49)/t24-,29-,39-/m0/s1.